The molecule has 1 atom stereocenters. The van der Waals surface area contributed by atoms with Gasteiger partial charge in [-0.3, -0.25) is 4.57 Å². The molecule has 0 saturated heterocycles. The molecule has 2 amide bonds. The Bertz CT molecular complexity index is 906. The van der Waals surface area contributed by atoms with E-state index in [9.17, 15) is 4.79 Å². The number of aryl methyl sites for hydroxylation is 1. The summed E-state index contributed by atoms with van der Waals surface area (Å²) in [5.41, 5.74) is 6.76. The highest BCUT2D eigenvalue weighted by atomic mass is 35.5. The first kappa shape index (κ1) is 21.1. The lowest BCUT2D eigenvalue weighted by atomic mass is 9.95. The number of primary amides is 1. The fourth-order valence-electron chi connectivity index (χ4n) is 3.78. The largest absolute Gasteiger partial charge is 0.490 e. The van der Waals surface area contributed by atoms with Crippen LogP contribution < -0.4 is 20.5 Å². The molecule has 2 fully saturated rings. The van der Waals surface area contributed by atoms with Gasteiger partial charge < -0.3 is 25.3 Å². The van der Waals surface area contributed by atoms with Crippen LogP contribution in [0.4, 0.5) is 4.79 Å². The summed E-state index contributed by atoms with van der Waals surface area (Å²) in [5, 5.41) is 3.20. The molecule has 2 aromatic rings. The summed E-state index contributed by atoms with van der Waals surface area (Å²) in [6.07, 6.45) is 6.33. The van der Waals surface area contributed by atoms with Crippen LogP contribution in [-0.2, 0) is 11.8 Å². The average molecular weight is 437 g/mol. The summed E-state index contributed by atoms with van der Waals surface area (Å²) in [4.78, 5) is 15.5. The topological polar surface area (TPSA) is 101 Å². The molecule has 9 heteroatoms. The van der Waals surface area contributed by atoms with Crippen molar-refractivity contribution >= 4 is 28.7 Å². The number of nitrogens with one attached hydrogen (secondary N) is 1. The fourth-order valence-corrected chi connectivity index (χ4v) is 4.03. The number of imidazole rings is 1. The number of fused-ring (bicyclic) bond motifs is 1. The van der Waals surface area contributed by atoms with E-state index in [1.165, 1.54) is 0 Å². The van der Waals surface area contributed by atoms with Crippen LogP contribution >= 0.6 is 11.6 Å². The van der Waals surface area contributed by atoms with Crippen LogP contribution in [-0.4, -0.2) is 46.5 Å². The number of amides is 2. The predicted molar refractivity (Wildman–Crippen MR) is 114 cm³/mol. The van der Waals surface area contributed by atoms with Crippen molar-refractivity contribution in [2.45, 2.75) is 69.8 Å². The number of nitrogens with zero attached hydrogens (tertiary/aromatic N) is 2. The summed E-state index contributed by atoms with van der Waals surface area (Å²) in [7, 11) is 1.93. The molecule has 4 rings (SSSR count). The van der Waals surface area contributed by atoms with Crippen molar-refractivity contribution in [1.29, 1.82) is 0 Å². The Hall–Kier alpha value is -2.19. The smallest absolute Gasteiger partial charge is 0.312 e. The molecule has 2 saturated carbocycles. The zero-order chi connectivity index (χ0) is 21.3. The molecule has 164 valence electrons. The summed E-state index contributed by atoms with van der Waals surface area (Å²) in [6, 6.07) is 3.74. The van der Waals surface area contributed by atoms with Crippen LogP contribution in [0, 0.1) is 0 Å². The van der Waals surface area contributed by atoms with Crippen LogP contribution in [0.1, 0.15) is 45.4 Å². The molecule has 0 unspecified atom stereocenters. The third-order valence-electron chi connectivity index (χ3n) is 5.56. The molecule has 0 bridgehead atoms. The van der Waals surface area contributed by atoms with E-state index >= 15 is 0 Å². The lowest BCUT2D eigenvalue weighted by Gasteiger charge is -2.29. The molecular formula is C21H29ClN4O4. The molecule has 8 nitrogen and oxygen atoms in total. The number of hydrogen-bond acceptors (Lipinski definition) is 5. The lowest BCUT2D eigenvalue weighted by Crippen LogP contribution is -2.40. The standard InChI is InChI=1S/C21H29ClN4O4/c1-12(24-20(23)27)11-28-13-3-5-15(6-4-13)30-21-25-19-17(22)9-16(29-14-7-8-14)10-18(19)26(21)2/h9-10,12-15H,3-8,11H2,1-2H3,(H3,23,24,27)/t12-,13?,15?/m0/s1. The molecule has 0 radical (unpaired) electrons. The van der Waals surface area contributed by atoms with Gasteiger partial charge in [0.15, 0.2) is 0 Å². The second-order valence-corrected chi connectivity index (χ2v) is 8.71. The van der Waals surface area contributed by atoms with Crippen molar-refractivity contribution < 1.29 is 19.0 Å². The van der Waals surface area contributed by atoms with E-state index in [1.807, 2.05) is 30.7 Å². The van der Waals surface area contributed by atoms with Crippen molar-refractivity contribution in [3.05, 3.63) is 17.2 Å². The van der Waals surface area contributed by atoms with Crippen LogP contribution in [0.5, 0.6) is 11.8 Å². The van der Waals surface area contributed by atoms with Gasteiger partial charge >= 0.3 is 6.03 Å². The number of ether oxygens (including phenoxy) is 3. The SMILES string of the molecule is C[C@@H](COC1CCC(Oc2nc3c(Cl)cc(OC4CC4)cc3n2C)CC1)NC(N)=O. The molecule has 2 aliphatic carbocycles. The highest BCUT2D eigenvalue weighted by molar-refractivity contribution is 6.35. The molecule has 0 aliphatic heterocycles. The third kappa shape index (κ3) is 5.10. The van der Waals surface area contributed by atoms with E-state index in [4.69, 9.17) is 31.5 Å². The highest BCUT2D eigenvalue weighted by Crippen LogP contribution is 2.35. The van der Waals surface area contributed by atoms with Crippen molar-refractivity contribution in [1.82, 2.24) is 14.9 Å². The Balaban J connectivity index is 1.33. The number of hydrogen-bond donors (Lipinski definition) is 2. The fraction of sp³-hybridized carbons (Fsp3) is 0.619. The predicted octanol–water partition coefficient (Wildman–Crippen LogP) is 3.53. The van der Waals surface area contributed by atoms with Gasteiger partial charge in [-0.25, -0.2) is 4.79 Å². The second-order valence-electron chi connectivity index (χ2n) is 8.30. The molecule has 3 N–H and O–H groups in total. The number of carbonyl (C=O) groups excluding carboxylic acids is 1. The average Bonchev–Trinajstić information content (AvgIpc) is 3.45. The van der Waals surface area contributed by atoms with Gasteiger partial charge in [-0.05, 0) is 45.4 Å². The minimum absolute atomic E-state index is 0.0856. The lowest BCUT2D eigenvalue weighted by molar-refractivity contribution is -0.00549. The number of aromatic nitrogens is 2. The minimum Gasteiger partial charge on any atom is -0.490 e. The number of benzene rings is 1. The molecular weight excluding hydrogens is 408 g/mol. The maximum atomic E-state index is 10.9. The molecule has 30 heavy (non-hydrogen) atoms. The van der Waals surface area contributed by atoms with Gasteiger partial charge in [0.1, 0.15) is 17.4 Å². The van der Waals surface area contributed by atoms with Crippen molar-refractivity contribution in [3.8, 4) is 11.8 Å². The van der Waals surface area contributed by atoms with Crippen LogP contribution in [0.3, 0.4) is 0 Å². The van der Waals surface area contributed by atoms with Gasteiger partial charge in [0.05, 0.1) is 35.4 Å². The van der Waals surface area contributed by atoms with Crippen molar-refractivity contribution in [3.63, 3.8) is 0 Å². The van der Waals surface area contributed by atoms with E-state index in [0.717, 1.165) is 55.3 Å². The van der Waals surface area contributed by atoms with Gasteiger partial charge in [0, 0.05) is 19.2 Å². The van der Waals surface area contributed by atoms with E-state index < -0.39 is 6.03 Å². The number of nitrogens with two attached hydrogens (primary N) is 1. The van der Waals surface area contributed by atoms with Crippen molar-refractivity contribution in [2.24, 2.45) is 12.8 Å². The van der Waals surface area contributed by atoms with Gasteiger partial charge in [0.25, 0.3) is 6.01 Å². The van der Waals surface area contributed by atoms with E-state index in [0.29, 0.717) is 23.7 Å². The molecule has 0 spiro atoms. The zero-order valence-electron chi connectivity index (χ0n) is 17.4. The van der Waals surface area contributed by atoms with E-state index in [-0.39, 0.29) is 18.2 Å². The first-order chi connectivity index (χ1) is 14.4. The Labute approximate surface area is 181 Å². The van der Waals surface area contributed by atoms with E-state index in [2.05, 4.69) is 10.3 Å². The molecule has 2 aliphatic rings. The van der Waals surface area contributed by atoms with Crippen LogP contribution in [0.15, 0.2) is 12.1 Å². The molecule has 1 aromatic heterocycles. The van der Waals surface area contributed by atoms with Gasteiger partial charge in [-0.2, -0.15) is 4.98 Å². The van der Waals surface area contributed by atoms with Gasteiger partial charge in [-0.15, -0.1) is 0 Å². The Morgan fingerprint density at radius 3 is 2.50 bits per heavy atom. The monoisotopic (exact) mass is 436 g/mol. The molecule has 1 aromatic carbocycles. The maximum absolute atomic E-state index is 10.9. The Morgan fingerprint density at radius 2 is 1.83 bits per heavy atom. The zero-order valence-corrected chi connectivity index (χ0v) is 18.2. The second kappa shape index (κ2) is 8.89. The van der Waals surface area contributed by atoms with E-state index in [1.54, 1.807) is 0 Å². The first-order valence-electron chi connectivity index (χ1n) is 10.6. The maximum Gasteiger partial charge on any atom is 0.312 e. The summed E-state index contributed by atoms with van der Waals surface area (Å²) in [6.45, 7) is 2.32. The third-order valence-corrected chi connectivity index (χ3v) is 5.85. The Kier molecular flexibility index (Phi) is 6.24. The minimum atomic E-state index is -0.531. The first-order valence-corrected chi connectivity index (χ1v) is 10.9. The Morgan fingerprint density at radius 1 is 1.20 bits per heavy atom. The normalized spacial score (nSPS) is 22.6. The van der Waals surface area contributed by atoms with Crippen molar-refractivity contribution in [2.75, 3.05) is 6.61 Å². The summed E-state index contributed by atoms with van der Waals surface area (Å²) >= 11 is 6.44. The van der Waals surface area contributed by atoms with Gasteiger partial charge in [-0.1, -0.05) is 11.6 Å². The number of urea groups is 1. The number of halogens is 1. The van der Waals surface area contributed by atoms with Crippen LogP contribution in [0.25, 0.3) is 11.0 Å². The highest BCUT2D eigenvalue weighted by Gasteiger charge is 2.27. The molecule has 1 heterocycles. The number of carbonyl (C=O) groups is 1. The van der Waals surface area contributed by atoms with Gasteiger partial charge in [0.2, 0.25) is 0 Å². The number of rotatable bonds is 8. The quantitative estimate of drug-likeness (QED) is 0.659. The van der Waals surface area contributed by atoms with Crippen LogP contribution in [0.2, 0.25) is 5.02 Å². The summed E-state index contributed by atoms with van der Waals surface area (Å²) in [5.74, 6) is 0.780. The summed E-state index contributed by atoms with van der Waals surface area (Å²) < 4.78 is 19.9.